The van der Waals surface area contributed by atoms with Gasteiger partial charge in [0.05, 0.1) is 23.1 Å². The smallest absolute Gasteiger partial charge is 0.326 e. The summed E-state index contributed by atoms with van der Waals surface area (Å²) in [5.41, 5.74) is 1.36. The second-order valence-corrected chi connectivity index (χ2v) is 5.88. The fraction of sp³-hybridized carbons (Fsp3) is 0.500. The number of esters is 1. The molecule has 23 heavy (non-hydrogen) atoms. The van der Waals surface area contributed by atoms with E-state index >= 15 is 0 Å². The average molecular weight is 318 g/mol. The molecule has 2 heterocycles. The SMILES string of the molecule is Cc1noc(C)c1COC(=O)CN1C(=O)C2CC=CCC2C1=O. The molecule has 0 spiro atoms. The van der Waals surface area contributed by atoms with Crippen molar-refractivity contribution in [2.75, 3.05) is 6.54 Å². The normalized spacial score (nSPS) is 23.3. The largest absolute Gasteiger partial charge is 0.459 e. The summed E-state index contributed by atoms with van der Waals surface area (Å²) in [7, 11) is 0. The number of fused-ring (bicyclic) bond motifs is 1. The van der Waals surface area contributed by atoms with Gasteiger partial charge in [0.25, 0.3) is 0 Å². The average Bonchev–Trinajstić information content (AvgIpc) is 2.98. The Labute approximate surface area is 133 Å². The van der Waals surface area contributed by atoms with Gasteiger partial charge in [0.15, 0.2) is 0 Å². The maximum Gasteiger partial charge on any atom is 0.326 e. The molecule has 2 atom stereocenters. The minimum absolute atomic E-state index is 0.0185. The number of carbonyl (C=O) groups is 3. The number of hydrogen-bond donors (Lipinski definition) is 0. The quantitative estimate of drug-likeness (QED) is 0.472. The predicted molar refractivity (Wildman–Crippen MR) is 77.8 cm³/mol. The number of nitrogens with zero attached hydrogens (tertiary/aromatic N) is 2. The van der Waals surface area contributed by atoms with E-state index in [9.17, 15) is 14.4 Å². The molecule has 1 aliphatic heterocycles. The zero-order chi connectivity index (χ0) is 16.6. The van der Waals surface area contributed by atoms with Crippen molar-refractivity contribution >= 4 is 17.8 Å². The van der Waals surface area contributed by atoms with Crippen LogP contribution in [0.25, 0.3) is 0 Å². The highest BCUT2D eigenvalue weighted by Gasteiger charge is 2.47. The van der Waals surface area contributed by atoms with Crippen LogP contribution in [0.5, 0.6) is 0 Å². The van der Waals surface area contributed by atoms with Crippen LogP contribution in [0.2, 0.25) is 0 Å². The molecule has 7 heteroatoms. The van der Waals surface area contributed by atoms with Gasteiger partial charge in [-0.2, -0.15) is 0 Å². The van der Waals surface area contributed by atoms with E-state index in [1.54, 1.807) is 13.8 Å². The number of amides is 2. The van der Waals surface area contributed by atoms with Crippen LogP contribution in [-0.2, 0) is 25.7 Å². The van der Waals surface area contributed by atoms with Gasteiger partial charge in [-0.15, -0.1) is 0 Å². The monoisotopic (exact) mass is 318 g/mol. The number of likely N-dealkylation sites (tertiary alicyclic amines) is 1. The van der Waals surface area contributed by atoms with Crippen LogP contribution in [0, 0.1) is 25.7 Å². The number of hydrogen-bond acceptors (Lipinski definition) is 6. The van der Waals surface area contributed by atoms with Crippen molar-refractivity contribution in [1.29, 1.82) is 0 Å². The van der Waals surface area contributed by atoms with E-state index in [2.05, 4.69) is 5.16 Å². The summed E-state index contributed by atoms with van der Waals surface area (Å²) in [6, 6.07) is 0. The van der Waals surface area contributed by atoms with Gasteiger partial charge in [0.1, 0.15) is 18.9 Å². The van der Waals surface area contributed by atoms with Gasteiger partial charge in [0, 0.05) is 0 Å². The third-order valence-corrected chi connectivity index (χ3v) is 4.44. The van der Waals surface area contributed by atoms with Crippen molar-refractivity contribution in [3.8, 4) is 0 Å². The zero-order valence-electron chi connectivity index (χ0n) is 13.1. The Kier molecular flexibility index (Phi) is 4.02. The third-order valence-electron chi connectivity index (χ3n) is 4.44. The fourth-order valence-corrected chi connectivity index (χ4v) is 3.06. The molecule has 0 aromatic carbocycles. The van der Waals surface area contributed by atoms with E-state index in [1.807, 2.05) is 12.2 Å². The lowest BCUT2D eigenvalue weighted by atomic mass is 9.85. The van der Waals surface area contributed by atoms with Crippen molar-refractivity contribution < 1.29 is 23.6 Å². The lowest BCUT2D eigenvalue weighted by Gasteiger charge is -2.14. The summed E-state index contributed by atoms with van der Waals surface area (Å²) < 4.78 is 10.2. The minimum atomic E-state index is -0.613. The molecule has 3 rings (SSSR count). The predicted octanol–water partition coefficient (Wildman–Crippen LogP) is 1.29. The topological polar surface area (TPSA) is 89.7 Å². The molecule has 7 nitrogen and oxygen atoms in total. The molecule has 2 unspecified atom stereocenters. The number of carbonyl (C=O) groups excluding carboxylic acids is 3. The van der Waals surface area contributed by atoms with Crippen LogP contribution >= 0.6 is 0 Å². The molecule has 1 fully saturated rings. The van der Waals surface area contributed by atoms with E-state index < -0.39 is 5.97 Å². The maximum atomic E-state index is 12.3. The standard InChI is InChI=1S/C16H18N2O5/c1-9-13(10(2)23-17-9)8-22-14(19)7-18-15(20)11-5-3-4-6-12(11)16(18)21/h3-4,11-12H,5-8H2,1-2H3. The first-order valence-corrected chi connectivity index (χ1v) is 7.56. The molecule has 1 saturated heterocycles. The molecule has 0 saturated carbocycles. The Morgan fingerprint density at radius 2 is 1.87 bits per heavy atom. The Morgan fingerprint density at radius 3 is 2.39 bits per heavy atom. The van der Waals surface area contributed by atoms with Crippen molar-refractivity contribution in [1.82, 2.24) is 10.1 Å². The highest BCUT2D eigenvalue weighted by molar-refractivity contribution is 6.07. The number of aromatic nitrogens is 1. The van der Waals surface area contributed by atoms with E-state index in [-0.39, 0.29) is 36.8 Å². The first-order valence-electron chi connectivity index (χ1n) is 7.56. The van der Waals surface area contributed by atoms with Gasteiger partial charge in [-0.25, -0.2) is 0 Å². The number of imide groups is 1. The van der Waals surface area contributed by atoms with E-state index in [0.717, 1.165) is 4.90 Å². The van der Waals surface area contributed by atoms with Crippen molar-refractivity contribution in [2.45, 2.75) is 33.3 Å². The summed E-state index contributed by atoms with van der Waals surface area (Å²) in [6.07, 6.45) is 4.93. The summed E-state index contributed by atoms with van der Waals surface area (Å²) >= 11 is 0. The van der Waals surface area contributed by atoms with Gasteiger partial charge in [0.2, 0.25) is 11.8 Å². The van der Waals surface area contributed by atoms with Crippen LogP contribution in [0.15, 0.2) is 16.7 Å². The lowest BCUT2D eigenvalue weighted by molar-refractivity contribution is -0.153. The second kappa shape index (κ2) is 5.98. The number of ether oxygens (including phenoxy) is 1. The maximum absolute atomic E-state index is 12.3. The van der Waals surface area contributed by atoms with Crippen molar-refractivity contribution in [3.63, 3.8) is 0 Å². The molecule has 0 radical (unpaired) electrons. The Morgan fingerprint density at radius 1 is 1.26 bits per heavy atom. The molecule has 1 aromatic rings. The van der Waals surface area contributed by atoms with Gasteiger partial charge in [-0.3, -0.25) is 19.3 Å². The molecule has 122 valence electrons. The van der Waals surface area contributed by atoms with Crippen molar-refractivity contribution in [3.05, 3.63) is 29.2 Å². The first-order chi connectivity index (χ1) is 11.0. The van der Waals surface area contributed by atoms with Crippen LogP contribution in [0.3, 0.4) is 0 Å². The summed E-state index contributed by atoms with van der Waals surface area (Å²) in [6.45, 7) is 3.16. The molecular weight excluding hydrogens is 300 g/mol. The minimum Gasteiger partial charge on any atom is -0.459 e. The molecule has 2 aliphatic rings. The Hall–Kier alpha value is -2.44. The van der Waals surface area contributed by atoms with Crippen LogP contribution in [0.1, 0.15) is 29.9 Å². The highest BCUT2D eigenvalue weighted by atomic mass is 16.5. The summed E-state index contributed by atoms with van der Waals surface area (Å²) in [5, 5.41) is 3.78. The molecular formula is C16H18N2O5. The molecule has 1 aromatic heterocycles. The first kappa shape index (κ1) is 15.5. The zero-order valence-corrected chi connectivity index (χ0v) is 13.1. The van der Waals surface area contributed by atoms with E-state index in [4.69, 9.17) is 9.26 Å². The molecule has 0 bridgehead atoms. The molecule has 0 N–H and O–H groups in total. The Bertz CT molecular complexity index is 645. The van der Waals surface area contributed by atoms with Crippen LogP contribution < -0.4 is 0 Å². The van der Waals surface area contributed by atoms with Gasteiger partial charge < -0.3 is 9.26 Å². The summed E-state index contributed by atoms with van der Waals surface area (Å²) in [5.74, 6) is -1.25. The molecule has 1 aliphatic carbocycles. The van der Waals surface area contributed by atoms with Crippen molar-refractivity contribution in [2.24, 2.45) is 11.8 Å². The van der Waals surface area contributed by atoms with E-state index in [0.29, 0.717) is 29.9 Å². The van der Waals surface area contributed by atoms with E-state index in [1.165, 1.54) is 0 Å². The Balaban J connectivity index is 1.60. The third kappa shape index (κ3) is 2.78. The number of allylic oxidation sites excluding steroid dienone is 2. The van der Waals surface area contributed by atoms with Gasteiger partial charge in [-0.1, -0.05) is 17.3 Å². The fourth-order valence-electron chi connectivity index (χ4n) is 3.06. The number of rotatable bonds is 4. The van der Waals surface area contributed by atoms with Crippen LogP contribution in [-0.4, -0.2) is 34.4 Å². The highest BCUT2D eigenvalue weighted by Crippen LogP contribution is 2.34. The second-order valence-electron chi connectivity index (χ2n) is 5.88. The van der Waals surface area contributed by atoms with Crippen LogP contribution in [0.4, 0.5) is 0 Å². The number of aryl methyl sites for hydroxylation is 2. The van der Waals surface area contributed by atoms with Gasteiger partial charge in [-0.05, 0) is 26.7 Å². The molecule has 2 amide bonds. The van der Waals surface area contributed by atoms with Gasteiger partial charge >= 0.3 is 5.97 Å². The summed E-state index contributed by atoms with van der Waals surface area (Å²) in [4.78, 5) is 37.5. The lowest BCUT2D eigenvalue weighted by Crippen LogP contribution is -2.36.